The monoisotopic (exact) mass is 486 g/mol. The van der Waals surface area contributed by atoms with Gasteiger partial charge >= 0.3 is 0 Å². The van der Waals surface area contributed by atoms with E-state index in [2.05, 4.69) is 69.3 Å². The molecule has 0 fully saturated rings. The Balaban J connectivity index is 1.80. The molecule has 0 amide bonds. The topological polar surface area (TPSA) is 46.5 Å². The Labute approximate surface area is 211 Å². The fourth-order valence-electron chi connectivity index (χ4n) is 4.69. The van der Waals surface area contributed by atoms with Gasteiger partial charge < -0.3 is 9.53 Å². The number of ketones is 1. The molecule has 35 heavy (non-hydrogen) atoms. The van der Waals surface area contributed by atoms with Crippen molar-refractivity contribution in [2.75, 3.05) is 6.61 Å². The van der Waals surface area contributed by atoms with E-state index in [0.29, 0.717) is 12.2 Å². The van der Waals surface area contributed by atoms with Crippen LogP contribution in [0.5, 0.6) is 0 Å². The van der Waals surface area contributed by atoms with Gasteiger partial charge in [0.05, 0.1) is 6.10 Å². The van der Waals surface area contributed by atoms with Crippen LogP contribution in [0.25, 0.3) is 0 Å². The number of hydrogen-bond acceptors (Lipinski definition) is 3. The van der Waals surface area contributed by atoms with Crippen molar-refractivity contribution < 1.29 is 14.3 Å². The van der Waals surface area contributed by atoms with Gasteiger partial charge in [-0.1, -0.05) is 132 Å². The van der Waals surface area contributed by atoms with E-state index in [4.69, 9.17) is 4.43 Å². The maximum absolute atomic E-state index is 12.4. The molecule has 3 atom stereocenters. The van der Waals surface area contributed by atoms with Crippen molar-refractivity contribution in [2.24, 2.45) is 11.8 Å². The lowest BCUT2D eigenvalue weighted by molar-refractivity contribution is 0.0548. The Morgan fingerprint density at radius 2 is 1.31 bits per heavy atom. The van der Waals surface area contributed by atoms with E-state index in [0.717, 1.165) is 0 Å². The van der Waals surface area contributed by atoms with E-state index in [9.17, 15) is 9.90 Å². The number of hydrogen-bond donors (Lipinski definition) is 1. The highest BCUT2D eigenvalue weighted by Gasteiger charge is 2.50. The highest BCUT2D eigenvalue weighted by molar-refractivity contribution is 6.99. The van der Waals surface area contributed by atoms with Gasteiger partial charge in [0.25, 0.3) is 8.32 Å². The molecule has 0 aliphatic carbocycles. The summed E-state index contributed by atoms with van der Waals surface area (Å²) in [5.74, 6) is -0.343. The fourth-order valence-corrected chi connectivity index (χ4v) is 9.35. The second kappa shape index (κ2) is 11.8. The molecule has 0 saturated carbocycles. The van der Waals surface area contributed by atoms with Crippen molar-refractivity contribution in [3.63, 3.8) is 0 Å². The first-order valence-corrected chi connectivity index (χ1v) is 14.3. The molecule has 0 aliphatic heterocycles. The summed E-state index contributed by atoms with van der Waals surface area (Å²) in [6.07, 6.45) is 2.74. The summed E-state index contributed by atoms with van der Waals surface area (Å²) in [6, 6.07) is 30.2. The first-order valence-electron chi connectivity index (χ1n) is 12.4. The van der Waals surface area contributed by atoms with E-state index >= 15 is 0 Å². The Hall–Kier alpha value is -2.79. The number of aliphatic hydroxyl groups is 1. The van der Waals surface area contributed by atoms with Crippen LogP contribution in [0.15, 0.2) is 103 Å². The van der Waals surface area contributed by atoms with Crippen LogP contribution in [0.3, 0.4) is 0 Å². The van der Waals surface area contributed by atoms with Crippen LogP contribution in [0.1, 0.15) is 45.0 Å². The van der Waals surface area contributed by atoms with Gasteiger partial charge in [-0.05, 0) is 21.5 Å². The smallest absolute Gasteiger partial charge is 0.261 e. The zero-order valence-electron chi connectivity index (χ0n) is 21.5. The van der Waals surface area contributed by atoms with Crippen LogP contribution in [-0.4, -0.2) is 31.9 Å². The largest absolute Gasteiger partial charge is 0.407 e. The van der Waals surface area contributed by atoms with Gasteiger partial charge in [-0.2, -0.15) is 0 Å². The minimum Gasteiger partial charge on any atom is -0.407 e. The van der Waals surface area contributed by atoms with Gasteiger partial charge in [-0.25, -0.2) is 0 Å². The third-order valence-corrected chi connectivity index (χ3v) is 11.7. The van der Waals surface area contributed by atoms with Gasteiger partial charge in [0.1, 0.15) is 0 Å². The number of allylic oxidation sites excluding steroid dienone is 1. The second-order valence-corrected chi connectivity index (χ2v) is 14.7. The molecule has 0 heterocycles. The molecule has 0 saturated heterocycles. The molecule has 0 unspecified atom stereocenters. The molecule has 3 nitrogen and oxygen atoms in total. The van der Waals surface area contributed by atoms with Crippen LogP contribution in [0.2, 0.25) is 5.04 Å². The van der Waals surface area contributed by atoms with Crippen molar-refractivity contribution in [1.82, 2.24) is 0 Å². The fraction of sp³-hybridized carbons (Fsp3) is 0.323. The zero-order chi connectivity index (χ0) is 25.5. The van der Waals surface area contributed by atoms with Crippen molar-refractivity contribution in [3.05, 3.63) is 109 Å². The van der Waals surface area contributed by atoms with E-state index in [1.54, 1.807) is 24.3 Å². The Morgan fingerprint density at radius 1 is 0.857 bits per heavy atom. The molecule has 3 rings (SSSR count). The normalized spacial score (nSPS) is 15.0. The van der Waals surface area contributed by atoms with Gasteiger partial charge in [-0.15, -0.1) is 0 Å². The van der Waals surface area contributed by atoms with Gasteiger partial charge in [-0.3, -0.25) is 4.79 Å². The first-order chi connectivity index (χ1) is 16.7. The summed E-state index contributed by atoms with van der Waals surface area (Å²) in [7, 11) is -2.66. The van der Waals surface area contributed by atoms with E-state index in [-0.39, 0.29) is 22.7 Å². The lowest BCUT2D eigenvalue weighted by Crippen LogP contribution is -2.67. The Morgan fingerprint density at radius 3 is 1.77 bits per heavy atom. The highest BCUT2D eigenvalue weighted by Crippen LogP contribution is 2.37. The predicted octanol–water partition coefficient (Wildman–Crippen LogP) is 5.64. The summed E-state index contributed by atoms with van der Waals surface area (Å²) in [6.45, 7) is 11.1. The number of carbonyl (C=O) groups excluding carboxylic acids is 1. The average Bonchev–Trinajstić information content (AvgIpc) is 2.87. The van der Waals surface area contributed by atoms with Crippen molar-refractivity contribution in [2.45, 2.75) is 45.8 Å². The molecule has 0 aliphatic rings. The van der Waals surface area contributed by atoms with Crippen LogP contribution < -0.4 is 10.4 Å². The minimum atomic E-state index is -2.66. The molecule has 184 valence electrons. The van der Waals surface area contributed by atoms with Crippen LogP contribution in [0.4, 0.5) is 0 Å². The Bertz CT molecular complexity index is 1050. The molecule has 4 heteroatoms. The first kappa shape index (κ1) is 26.8. The number of rotatable bonds is 10. The molecule has 0 aromatic heterocycles. The Kier molecular flexibility index (Phi) is 9.01. The third-order valence-electron chi connectivity index (χ3n) is 6.71. The lowest BCUT2D eigenvalue weighted by Gasteiger charge is -2.44. The molecule has 3 aromatic rings. The predicted molar refractivity (Wildman–Crippen MR) is 148 cm³/mol. The second-order valence-electron chi connectivity index (χ2n) is 10.4. The standard InChI is InChI=1S/C31H38O3Si/c1-24(21-22-29(32)26-15-9-6-10-16-26)30(33)25(2)23-34-35(31(3,4)5,27-17-11-7-12-18-27)28-19-13-8-14-20-28/h6-22,24-25,30,33H,23H2,1-5H3/b22-21+/t24-,25+,30-/m1/s1. The maximum atomic E-state index is 12.4. The van der Waals surface area contributed by atoms with Gasteiger partial charge in [0, 0.05) is 24.0 Å². The summed E-state index contributed by atoms with van der Waals surface area (Å²) in [5.41, 5.74) is 0.647. The number of benzene rings is 3. The SMILES string of the molecule is C[C@H](/C=C/C(=O)c1ccccc1)[C@@H](O)[C@@H](C)CO[Si](c1ccccc1)(c1ccccc1)C(C)(C)C. The third kappa shape index (κ3) is 6.26. The molecule has 0 radical (unpaired) electrons. The van der Waals surface area contributed by atoms with Gasteiger partial charge in [0.15, 0.2) is 5.78 Å². The van der Waals surface area contributed by atoms with E-state index in [1.807, 2.05) is 44.2 Å². The number of aliphatic hydroxyl groups excluding tert-OH is 1. The van der Waals surface area contributed by atoms with Crippen LogP contribution in [-0.2, 0) is 4.43 Å². The van der Waals surface area contributed by atoms with Crippen molar-refractivity contribution in [3.8, 4) is 0 Å². The average molecular weight is 487 g/mol. The molecule has 1 N–H and O–H groups in total. The summed E-state index contributed by atoms with van der Waals surface area (Å²) < 4.78 is 6.98. The van der Waals surface area contributed by atoms with Crippen LogP contribution in [0, 0.1) is 11.8 Å². The van der Waals surface area contributed by atoms with Crippen molar-refractivity contribution >= 4 is 24.5 Å². The molecular formula is C31H38O3Si. The van der Waals surface area contributed by atoms with Gasteiger partial charge in [0.2, 0.25) is 0 Å². The van der Waals surface area contributed by atoms with Crippen molar-refractivity contribution in [1.29, 1.82) is 0 Å². The summed E-state index contributed by atoms with van der Waals surface area (Å²) >= 11 is 0. The van der Waals surface area contributed by atoms with E-state index in [1.165, 1.54) is 10.4 Å². The summed E-state index contributed by atoms with van der Waals surface area (Å²) in [5, 5.41) is 13.4. The molecular weight excluding hydrogens is 448 g/mol. The molecule has 3 aromatic carbocycles. The highest BCUT2D eigenvalue weighted by atomic mass is 28.4. The quantitative estimate of drug-likeness (QED) is 0.229. The number of carbonyl (C=O) groups is 1. The van der Waals surface area contributed by atoms with E-state index < -0.39 is 14.4 Å². The maximum Gasteiger partial charge on any atom is 0.261 e. The molecule has 0 spiro atoms. The summed E-state index contributed by atoms with van der Waals surface area (Å²) in [4.78, 5) is 12.4. The minimum absolute atomic E-state index is 0.0548. The lowest BCUT2D eigenvalue weighted by atomic mass is 9.93. The molecule has 0 bridgehead atoms. The zero-order valence-corrected chi connectivity index (χ0v) is 22.5. The van der Waals surface area contributed by atoms with Crippen LogP contribution >= 0.6 is 0 Å².